The molecule has 0 aromatic rings. The molecule has 51 heavy (non-hydrogen) atoms. The third kappa shape index (κ3) is 35.5. The minimum atomic E-state index is -4.40. The number of nitrogens with one attached hydrogen (secondary N) is 1. The lowest BCUT2D eigenvalue weighted by molar-refractivity contribution is -0.124. The fourth-order valence-electron chi connectivity index (χ4n) is 5.83. The van der Waals surface area contributed by atoms with Crippen molar-refractivity contribution >= 4 is 13.7 Å². The molecule has 0 radical (unpaired) electrons. The second kappa shape index (κ2) is 37.0. The van der Waals surface area contributed by atoms with Crippen molar-refractivity contribution in [2.45, 2.75) is 199 Å². The molecular weight excluding hydrogens is 663 g/mol. The van der Waals surface area contributed by atoms with E-state index >= 15 is 0 Å². The van der Waals surface area contributed by atoms with E-state index in [9.17, 15) is 24.5 Å². The Labute approximate surface area is 312 Å². The summed E-state index contributed by atoms with van der Waals surface area (Å²) in [6.45, 7) is 3.90. The number of rotatable bonds is 38. The molecule has 1 amide bonds. The van der Waals surface area contributed by atoms with E-state index in [4.69, 9.17) is 14.8 Å². The van der Waals surface area contributed by atoms with Gasteiger partial charge in [-0.05, 0) is 57.8 Å². The Morgan fingerprint density at radius 3 is 1.67 bits per heavy atom. The molecular formula is C41H79N2O7P. The highest BCUT2D eigenvalue weighted by Crippen LogP contribution is 2.43. The van der Waals surface area contributed by atoms with Crippen LogP contribution in [0.25, 0.3) is 0 Å². The Hall–Kier alpha value is -1.32. The van der Waals surface area contributed by atoms with E-state index in [0.717, 1.165) is 44.9 Å². The minimum Gasteiger partial charge on any atom is -0.393 e. The maximum atomic E-state index is 12.7. The molecule has 0 aliphatic heterocycles. The third-order valence-electron chi connectivity index (χ3n) is 8.99. The maximum Gasteiger partial charge on any atom is 0.472 e. The highest BCUT2D eigenvalue weighted by atomic mass is 31.2. The second-order valence-electron chi connectivity index (χ2n) is 14.0. The number of aliphatic hydroxyl groups excluding tert-OH is 2. The number of carbonyl (C=O) groups is 1. The van der Waals surface area contributed by atoms with Gasteiger partial charge in [0.05, 0.1) is 37.9 Å². The summed E-state index contributed by atoms with van der Waals surface area (Å²) in [5.41, 5.74) is 5.35. The molecule has 0 fully saturated rings. The Balaban J connectivity index is 4.41. The molecule has 0 saturated carbocycles. The molecule has 6 N–H and O–H groups in total. The van der Waals surface area contributed by atoms with Gasteiger partial charge in [0.1, 0.15) is 0 Å². The maximum absolute atomic E-state index is 12.7. The normalized spacial score (nSPS) is 15.2. The number of hydrogen-bond acceptors (Lipinski definition) is 7. The smallest absolute Gasteiger partial charge is 0.393 e. The highest BCUT2D eigenvalue weighted by Gasteiger charge is 2.27. The molecule has 300 valence electrons. The Morgan fingerprint density at radius 1 is 0.667 bits per heavy atom. The summed E-state index contributed by atoms with van der Waals surface area (Å²) in [6, 6.07) is -1.00. The summed E-state index contributed by atoms with van der Waals surface area (Å²) >= 11 is 0. The number of allylic oxidation sites excluding steroid dienone is 5. The second-order valence-corrected chi connectivity index (χ2v) is 15.5. The van der Waals surface area contributed by atoms with E-state index in [2.05, 4.69) is 43.5 Å². The van der Waals surface area contributed by atoms with Crippen LogP contribution in [0, 0.1) is 0 Å². The monoisotopic (exact) mass is 743 g/mol. The molecule has 0 spiro atoms. The van der Waals surface area contributed by atoms with Gasteiger partial charge in [0, 0.05) is 6.54 Å². The van der Waals surface area contributed by atoms with Gasteiger partial charge in [0.2, 0.25) is 5.91 Å². The number of amides is 1. The molecule has 10 heteroatoms. The van der Waals surface area contributed by atoms with Crippen molar-refractivity contribution in [2.24, 2.45) is 5.73 Å². The molecule has 0 bridgehead atoms. The number of phosphoric ester groups is 1. The Morgan fingerprint density at radius 2 is 1.12 bits per heavy atom. The predicted molar refractivity (Wildman–Crippen MR) is 214 cm³/mol. The van der Waals surface area contributed by atoms with Crippen LogP contribution in [0.1, 0.15) is 181 Å². The zero-order valence-corrected chi connectivity index (χ0v) is 33.6. The summed E-state index contributed by atoms with van der Waals surface area (Å²) in [7, 11) is -4.40. The van der Waals surface area contributed by atoms with Crippen LogP contribution >= 0.6 is 7.82 Å². The van der Waals surface area contributed by atoms with E-state index < -0.39 is 38.6 Å². The van der Waals surface area contributed by atoms with Gasteiger partial charge in [0.25, 0.3) is 0 Å². The summed E-state index contributed by atoms with van der Waals surface area (Å²) in [5.74, 6) is -0.467. The summed E-state index contributed by atoms with van der Waals surface area (Å²) < 4.78 is 22.0. The van der Waals surface area contributed by atoms with E-state index in [1.54, 1.807) is 6.08 Å². The van der Waals surface area contributed by atoms with Gasteiger partial charge in [-0.25, -0.2) is 4.57 Å². The lowest BCUT2D eigenvalue weighted by Crippen LogP contribution is -2.46. The lowest BCUT2D eigenvalue weighted by atomic mass is 10.0. The number of hydrogen-bond donors (Lipinski definition) is 5. The predicted octanol–water partition coefficient (Wildman–Crippen LogP) is 10.1. The molecule has 4 atom stereocenters. The van der Waals surface area contributed by atoms with Crippen molar-refractivity contribution in [3.8, 4) is 0 Å². The zero-order chi connectivity index (χ0) is 37.7. The number of carbonyl (C=O) groups excluding carboxylic acids is 1. The number of aliphatic hydroxyl groups is 2. The highest BCUT2D eigenvalue weighted by molar-refractivity contribution is 7.47. The molecule has 0 aromatic heterocycles. The molecule has 0 saturated heterocycles. The van der Waals surface area contributed by atoms with Crippen molar-refractivity contribution in [1.82, 2.24) is 5.32 Å². The van der Waals surface area contributed by atoms with Crippen molar-refractivity contribution in [1.29, 1.82) is 0 Å². The summed E-state index contributed by atoms with van der Waals surface area (Å²) in [4.78, 5) is 22.7. The van der Waals surface area contributed by atoms with E-state index in [-0.39, 0.29) is 19.6 Å². The first-order valence-corrected chi connectivity index (χ1v) is 22.2. The Bertz CT molecular complexity index is 914. The average molecular weight is 743 g/mol. The van der Waals surface area contributed by atoms with Crippen LogP contribution in [0.15, 0.2) is 36.5 Å². The van der Waals surface area contributed by atoms with E-state index in [1.165, 1.54) is 103 Å². The SMILES string of the molecule is CCCCC/C=C\CCCCCC(O)CC(=O)NC(COP(=O)(O)OCCN)C(O)/C=C/CC/C=C/CCCCCCCCCCCCCCC. The van der Waals surface area contributed by atoms with Crippen molar-refractivity contribution < 1.29 is 33.5 Å². The van der Waals surface area contributed by atoms with Crippen LogP contribution in [-0.2, 0) is 18.4 Å². The standard InChI is InChI=1S/C41H79N2O7P/c1-3-5-7-9-11-13-15-16-17-18-19-20-21-22-23-25-27-29-31-33-40(45)39(37-50-51(47,48)49-35-34-42)43-41(46)36-38(44)32-30-28-26-24-14-12-10-8-6-4-2/h12,14,23,25,31,33,38-40,44-45H,3-11,13,15-22,24,26-30,32,34-37,42H2,1-2H3,(H,43,46)(H,47,48)/b14-12-,25-23+,33-31+. The molecule has 9 nitrogen and oxygen atoms in total. The molecule has 0 aliphatic rings. The van der Waals surface area contributed by atoms with E-state index in [1.807, 2.05) is 6.08 Å². The van der Waals surface area contributed by atoms with Gasteiger partial charge in [-0.15, -0.1) is 0 Å². The van der Waals surface area contributed by atoms with Gasteiger partial charge in [0.15, 0.2) is 0 Å². The number of unbranched alkanes of at least 4 members (excludes halogenated alkanes) is 20. The minimum absolute atomic E-state index is 0.0426. The number of nitrogens with two attached hydrogens (primary N) is 1. The first-order valence-electron chi connectivity index (χ1n) is 20.7. The summed E-state index contributed by atoms with van der Waals surface area (Å²) in [6.07, 6.45) is 39.5. The summed E-state index contributed by atoms with van der Waals surface area (Å²) in [5, 5.41) is 23.9. The van der Waals surface area contributed by atoms with Crippen LogP contribution in [-0.4, -0.2) is 59.0 Å². The molecule has 0 heterocycles. The van der Waals surface area contributed by atoms with Crippen molar-refractivity contribution in [2.75, 3.05) is 19.8 Å². The van der Waals surface area contributed by atoms with Gasteiger partial charge in [-0.1, -0.05) is 153 Å². The first kappa shape index (κ1) is 49.7. The largest absolute Gasteiger partial charge is 0.472 e. The third-order valence-corrected chi connectivity index (χ3v) is 9.98. The van der Waals surface area contributed by atoms with Crippen LogP contribution in [0.4, 0.5) is 0 Å². The number of phosphoric acid groups is 1. The van der Waals surface area contributed by atoms with Crippen LogP contribution < -0.4 is 11.1 Å². The topological polar surface area (TPSA) is 151 Å². The van der Waals surface area contributed by atoms with E-state index in [0.29, 0.717) is 12.8 Å². The first-order chi connectivity index (χ1) is 24.8. The molecule has 0 aromatic carbocycles. The van der Waals surface area contributed by atoms with Gasteiger partial charge in [-0.2, -0.15) is 0 Å². The fourth-order valence-corrected chi connectivity index (χ4v) is 6.59. The van der Waals surface area contributed by atoms with Crippen LogP contribution in [0.3, 0.4) is 0 Å². The lowest BCUT2D eigenvalue weighted by Gasteiger charge is -2.24. The Kier molecular flexibility index (Phi) is 36.1. The van der Waals surface area contributed by atoms with Crippen LogP contribution in [0.5, 0.6) is 0 Å². The molecule has 0 aliphatic carbocycles. The molecule has 4 unspecified atom stereocenters. The van der Waals surface area contributed by atoms with Crippen molar-refractivity contribution in [3.05, 3.63) is 36.5 Å². The van der Waals surface area contributed by atoms with Gasteiger partial charge < -0.3 is 26.2 Å². The van der Waals surface area contributed by atoms with Gasteiger partial charge in [-0.3, -0.25) is 13.8 Å². The fraction of sp³-hybridized carbons (Fsp3) is 0.829. The molecule has 0 rings (SSSR count). The average Bonchev–Trinajstić information content (AvgIpc) is 3.10. The van der Waals surface area contributed by atoms with Crippen LogP contribution in [0.2, 0.25) is 0 Å². The van der Waals surface area contributed by atoms with Crippen molar-refractivity contribution in [3.63, 3.8) is 0 Å². The quantitative estimate of drug-likeness (QED) is 0.0238. The van der Waals surface area contributed by atoms with Gasteiger partial charge >= 0.3 is 7.82 Å². The zero-order valence-electron chi connectivity index (χ0n) is 32.7.